The van der Waals surface area contributed by atoms with Crippen LogP contribution in [0.1, 0.15) is 21.7 Å². The molecule has 4 rings (SSSR count). The number of hydrogen-bond acceptors (Lipinski definition) is 5. The van der Waals surface area contributed by atoms with Crippen molar-refractivity contribution in [3.05, 3.63) is 71.7 Å². The Kier molecular flexibility index (Phi) is 4.50. The lowest BCUT2D eigenvalue weighted by Crippen LogP contribution is -2.34. The van der Waals surface area contributed by atoms with Gasteiger partial charge in [-0.05, 0) is 31.2 Å². The third-order valence-corrected chi connectivity index (χ3v) is 4.31. The quantitative estimate of drug-likeness (QED) is 0.770. The van der Waals surface area contributed by atoms with Gasteiger partial charge < -0.3 is 10.1 Å². The molecule has 0 spiro atoms. The summed E-state index contributed by atoms with van der Waals surface area (Å²) in [6.45, 7) is 2.13. The van der Waals surface area contributed by atoms with Crippen molar-refractivity contribution in [2.45, 2.75) is 19.4 Å². The number of fused-ring (bicyclic) bond motifs is 1. The number of hydrogen-bond donors (Lipinski definition) is 1. The molecule has 0 fully saturated rings. The standard InChI is InChI=1S/C20H17FN4O2/c1-12-3-2-4-17(25-12)20(26)24-10-15-8-13-7-14(21)9-16(19(13)27-15)18-11-22-5-6-23-18/h2-7,9,11,15H,8,10H2,1H3,(H,24,26). The summed E-state index contributed by atoms with van der Waals surface area (Å²) in [5, 5.41) is 2.83. The van der Waals surface area contributed by atoms with Crippen LogP contribution in [0.4, 0.5) is 4.39 Å². The Morgan fingerprint density at radius 1 is 1.33 bits per heavy atom. The highest BCUT2D eigenvalue weighted by molar-refractivity contribution is 5.92. The average Bonchev–Trinajstić information content (AvgIpc) is 3.09. The van der Waals surface area contributed by atoms with E-state index in [2.05, 4.69) is 20.3 Å². The molecule has 1 atom stereocenters. The maximum absolute atomic E-state index is 14.0. The second-order valence-electron chi connectivity index (χ2n) is 6.35. The van der Waals surface area contributed by atoms with Crippen molar-refractivity contribution in [1.29, 1.82) is 0 Å². The molecule has 1 aliphatic rings. The van der Waals surface area contributed by atoms with Gasteiger partial charge in [0.25, 0.3) is 5.91 Å². The Balaban J connectivity index is 1.49. The number of pyridine rings is 1. The molecule has 3 aromatic rings. The summed E-state index contributed by atoms with van der Waals surface area (Å²) in [7, 11) is 0. The Morgan fingerprint density at radius 3 is 3.00 bits per heavy atom. The molecule has 1 N–H and O–H groups in total. The van der Waals surface area contributed by atoms with Crippen LogP contribution in [0, 0.1) is 12.7 Å². The van der Waals surface area contributed by atoms with Gasteiger partial charge in [-0.1, -0.05) is 6.07 Å². The maximum Gasteiger partial charge on any atom is 0.270 e. The minimum atomic E-state index is -0.355. The number of aryl methyl sites for hydroxylation is 1. The molecular weight excluding hydrogens is 347 g/mol. The second-order valence-corrected chi connectivity index (χ2v) is 6.35. The van der Waals surface area contributed by atoms with Crippen LogP contribution in [0.5, 0.6) is 5.75 Å². The first kappa shape index (κ1) is 17.1. The van der Waals surface area contributed by atoms with E-state index in [-0.39, 0.29) is 17.8 Å². The summed E-state index contributed by atoms with van der Waals surface area (Å²) in [4.78, 5) is 24.7. The van der Waals surface area contributed by atoms with E-state index >= 15 is 0 Å². The first-order valence-corrected chi connectivity index (χ1v) is 8.57. The summed E-state index contributed by atoms with van der Waals surface area (Å²) < 4.78 is 20.0. The van der Waals surface area contributed by atoms with E-state index in [0.29, 0.717) is 35.7 Å². The Labute approximate surface area is 155 Å². The number of aromatic nitrogens is 3. The molecule has 2 aromatic heterocycles. The van der Waals surface area contributed by atoms with E-state index in [4.69, 9.17) is 4.74 Å². The summed E-state index contributed by atoms with van der Waals surface area (Å²) in [5.41, 5.74) is 2.99. The van der Waals surface area contributed by atoms with Crippen LogP contribution in [0.15, 0.2) is 48.9 Å². The topological polar surface area (TPSA) is 77.0 Å². The van der Waals surface area contributed by atoms with Gasteiger partial charge in [-0.2, -0.15) is 0 Å². The predicted molar refractivity (Wildman–Crippen MR) is 96.9 cm³/mol. The van der Waals surface area contributed by atoms with Gasteiger partial charge in [0.05, 0.1) is 18.4 Å². The summed E-state index contributed by atoms with van der Waals surface area (Å²) in [6, 6.07) is 8.12. The minimum absolute atomic E-state index is 0.265. The molecule has 0 radical (unpaired) electrons. The van der Waals surface area contributed by atoms with Crippen LogP contribution in [0.3, 0.4) is 0 Å². The fraction of sp³-hybridized carbons (Fsp3) is 0.200. The number of halogens is 1. The van der Waals surface area contributed by atoms with Crippen molar-refractivity contribution < 1.29 is 13.9 Å². The van der Waals surface area contributed by atoms with Crippen LogP contribution < -0.4 is 10.1 Å². The van der Waals surface area contributed by atoms with Gasteiger partial charge in [-0.15, -0.1) is 0 Å². The van der Waals surface area contributed by atoms with E-state index in [1.165, 1.54) is 12.1 Å². The number of rotatable bonds is 4. The molecular formula is C20H17FN4O2. The minimum Gasteiger partial charge on any atom is -0.487 e. The van der Waals surface area contributed by atoms with Gasteiger partial charge in [0.2, 0.25) is 0 Å². The van der Waals surface area contributed by atoms with Crippen LogP contribution in [0.2, 0.25) is 0 Å². The maximum atomic E-state index is 14.0. The highest BCUT2D eigenvalue weighted by atomic mass is 19.1. The monoisotopic (exact) mass is 364 g/mol. The number of nitrogens with one attached hydrogen (secondary N) is 1. The van der Waals surface area contributed by atoms with E-state index < -0.39 is 0 Å². The van der Waals surface area contributed by atoms with E-state index in [9.17, 15) is 9.18 Å². The third kappa shape index (κ3) is 3.62. The Bertz CT molecular complexity index is 995. The molecule has 1 unspecified atom stereocenters. The van der Waals surface area contributed by atoms with Gasteiger partial charge in [0.1, 0.15) is 23.4 Å². The first-order chi connectivity index (χ1) is 13.1. The zero-order valence-electron chi connectivity index (χ0n) is 14.6. The van der Waals surface area contributed by atoms with Crippen molar-refractivity contribution in [2.24, 2.45) is 0 Å². The SMILES string of the molecule is Cc1cccc(C(=O)NCC2Cc3cc(F)cc(-c4cnccn4)c3O2)n1. The van der Waals surface area contributed by atoms with Crippen LogP contribution in [-0.4, -0.2) is 33.5 Å². The predicted octanol–water partition coefficient (Wildman–Crippen LogP) is 2.72. The lowest BCUT2D eigenvalue weighted by molar-refractivity contribution is 0.0928. The summed E-state index contributed by atoms with van der Waals surface area (Å²) >= 11 is 0. The number of nitrogens with zero attached hydrogens (tertiary/aromatic N) is 3. The number of amides is 1. The third-order valence-electron chi connectivity index (χ3n) is 4.31. The van der Waals surface area contributed by atoms with Crippen LogP contribution in [0.25, 0.3) is 11.3 Å². The molecule has 0 saturated heterocycles. The molecule has 136 valence electrons. The Hall–Kier alpha value is -3.35. The van der Waals surface area contributed by atoms with Crippen LogP contribution in [-0.2, 0) is 6.42 Å². The highest BCUT2D eigenvalue weighted by Gasteiger charge is 2.28. The fourth-order valence-corrected chi connectivity index (χ4v) is 3.10. The van der Waals surface area contributed by atoms with Gasteiger partial charge in [0.15, 0.2) is 0 Å². The molecule has 27 heavy (non-hydrogen) atoms. The van der Waals surface area contributed by atoms with Crippen molar-refractivity contribution >= 4 is 5.91 Å². The first-order valence-electron chi connectivity index (χ1n) is 8.57. The van der Waals surface area contributed by atoms with Gasteiger partial charge >= 0.3 is 0 Å². The second kappa shape index (κ2) is 7.11. The molecule has 0 aliphatic carbocycles. The zero-order valence-corrected chi connectivity index (χ0v) is 14.6. The smallest absolute Gasteiger partial charge is 0.270 e. The van der Waals surface area contributed by atoms with E-state index in [0.717, 1.165) is 11.3 Å². The lowest BCUT2D eigenvalue weighted by atomic mass is 10.0. The van der Waals surface area contributed by atoms with Crippen molar-refractivity contribution in [3.63, 3.8) is 0 Å². The number of benzene rings is 1. The highest BCUT2D eigenvalue weighted by Crippen LogP contribution is 2.38. The zero-order chi connectivity index (χ0) is 18.8. The molecule has 7 heteroatoms. The Morgan fingerprint density at radius 2 is 2.22 bits per heavy atom. The molecule has 0 saturated carbocycles. The van der Waals surface area contributed by atoms with Crippen molar-refractivity contribution in [2.75, 3.05) is 6.54 Å². The van der Waals surface area contributed by atoms with Crippen molar-refractivity contribution in [1.82, 2.24) is 20.3 Å². The molecule has 1 amide bonds. The fourth-order valence-electron chi connectivity index (χ4n) is 3.10. The number of carbonyl (C=O) groups excluding carboxylic acids is 1. The van der Waals surface area contributed by atoms with E-state index in [1.54, 1.807) is 30.7 Å². The number of ether oxygens (including phenoxy) is 1. The largest absolute Gasteiger partial charge is 0.487 e. The molecule has 1 aromatic carbocycles. The summed E-state index contributed by atoms with van der Waals surface area (Å²) in [6.07, 6.45) is 4.89. The molecule has 6 nitrogen and oxygen atoms in total. The molecule has 3 heterocycles. The normalized spacial score (nSPS) is 15.1. The van der Waals surface area contributed by atoms with Gasteiger partial charge in [-0.3, -0.25) is 14.8 Å². The van der Waals surface area contributed by atoms with E-state index in [1.807, 2.05) is 13.0 Å². The van der Waals surface area contributed by atoms with Crippen molar-refractivity contribution in [3.8, 4) is 17.0 Å². The van der Waals surface area contributed by atoms with Gasteiger partial charge in [0, 0.05) is 35.6 Å². The average molecular weight is 364 g/mol. The van der Waals surface area contributed by atoms with Crippen LogP contribution >= 0.6 is 0 Å². The lowest BCUT2D eigenvalue weighted by Gasteiger charge is -2.13. The number of carbonyl (C=O) groups is 1. The van der Waals surface area contributed by atoms with Gasteiger partial charge in [-0.25, -0.2) is 9.37 Å². The molecule has 1 aliphatic heterocycles. The summed E-state index contributed by atoms with van der Waals surface area (Å²) in [5.74, 6) is -0.0323. The molecule has 0 bridgehead atoms.